The number of hydrogen-bond acceptors (Lipinski definition) is 5. The molecule has 1 saturated carbocycles. The van der Waals surface area contributed by atoms with Crippen molar-refractivity contribution in [2.75, 3.05) is 6.61 Å². The summed E-state index contributed by atoms with van der Waals surface area (Å²) in [6, 6.07) is 10.0. The van der Waals surface area contributed by atoms with Crippen LogP contribution in [0.2, 0.25) is 5.02 Å². The van der Waals surface area contributed by atoms with Gasteiger partial charge in [-0.1, -0.05) is 11.6 Å². The van der Waals surface area contributed by atoms with Gasteiger partial charge in [-0.05, 0) is 75.4 Å². The number of benzene rings is 1. The molecule has 2 atom stereocenters. The number of pyridine rings is 1. The number of aryl methyl sites for hydroxylation is 1. The molecule has 6 rings (SSSR count). The number of aromatic nitrogens is 4. The number of halogens is 2. The molecule has 0 radical (unpaired) electrons. The molecule has 1 aromatic carbocycles. The molecule has 1 aliphatic heterocycles. The lowest BCUT2D eigenvalue weighted by atomic mass is 9.89. The van der Waals surface area contributed by atoms with E-state index < -0.39 is 5.82 Å². The minimum atomic E-state index is -0.494. The topological polar surface area (TPSA) is 78.5 Å². The quantitative estimate of drug-likeness (QED) is 0.365. The van der Waals surface area contributed by atoms with Crippen LogP contribution in [-0.4, -0.2) is 25.8 Å². The number of rotatable bonds is 4. The van der Waals surface area contributed by atoms with Gasteiger partial charge in [0.15, 0.2) is 5.65 Å². The van der Waals surface area contributed by atoms with E-state index in [9.17, 15) is 9.59 Å². The van der Waals surface area contributed by atoms with Crippen LogP contribution in [-0.2, 0) is 4.74 Å². The van der Waals surface area contributed by atoms with Gasteiger partial charge in [0.05, 0.1) is 11.8 Å². The van der Waals surface area contributed by atoms with Gasteiger partial charge in [-0.2, -0.15) is 9.61 Å². The number of nitrogens with zero attached hydrogens (tertiary/aromatic N) is 4. The molecule has 2 fully saturated rings. The second-order valence-corrected chi connectivity index (χ2v) is 10.4. The third kappa shape index (κ3) is 4.38. The molecule has 0 unspecified atom stereocenters. The second-order valence-electron chi connectivity index (χ2n) is 9.99. The highest BCUT2D eigenvalue weighted by Crippen LogP contribution is 2.39. The molecule has 2 aliphatic rings. The Hall–Kier alpha value is -3.36. The summed E-state index contributed by atoms with van der Waals surface area (Å²) in [7, 11) is 0. The second kappa shape index (κ2) is 9.19. The van der Waals surface area contributed by atoms with E-state index in [4.69, 9.17) is 21.4 Å². The van der Waals surface area contributed by atoms with Crippen LogP contribution in [0.5, 0.6) is 0 Å². The highest BCUT2D eigenvalue weighted by molar-refractivity contribution is 6.30. The van der Waals surface area contributed by atoms with E-state index in [1.54, 1.807) is 36.6 Å². The van der Waals surface area contributed by atoms with E-state index in [1.165, 1.54) is 10.6 Å². The highest BCUT2D eigenvalue weighted by atomic mass is 35.5. The minimum Gasteiger partial charge on any atom is -0.373 e. The Morgan fingerprint density at radius 3 is 2.62 bits per heavy atom. The Bertz CT molecular complexity index is 1660. The van der Waals surface area contributed by atoms with Crippen LogP contribution < -0.4 is 11.1 Å². The van der Waals surface area contributed by atoms with Gasteiger partial charge in [-0.15, -0.1) is 0 Å². The van der Waals surface area contributed by atoms with E-state index in [2.05, 4.69) is 4.98 Å². The van der Waals surface area contributed by atoms with Crippen LogP contribution in [0.4, 0.5) is 4.39 Å². The van der Waals surface area contributed by atoms with Crippen molar-refractivity contribution >= 4 is 17.2 Å². The first-order valence-corrected chi connectivity index (χ1v) is 12.9. The van der Waals surface area contributed by atoms with E-state index in [-0.39, 0.29) is 34.2 Å². The van der Waals surface area contributed by atoms with Crippen molar-refractivity contribution in [2.24, 2.45) is 0 Å². The maximum Gasteiger partial charge on any atom is 0.277 e. The molecule has 0 spiro atoms. The van der Waals surface area contributed by atoms with Gasteiger partial charge >= 0.3 is 0 Å². The van der Waals surface area contributed by atoms with Crippen molar-refractivity contribution in [2.45, 2.75) is 57.6 Å². The molecule has 1 saturated heterocycles. The third-order valence-electron chi connectivity index (χ3n) is 7.48. The average Bonchev–Trinajstić information content (AvgIpc) is 3.73. The molecule has 0 amide bonds. The smallest absolute Gasteiger partial charge is 0.277 e. The summed E-state index contributed by atoms with van der Waals surface area (Å²) in [5.74, 6) is -0.529. The first-order chi connectivity index (χ1) is 17.8. The molecule has 7 nitrogen and oxygen atoms in total. The number of hydrogen-bond donors (Lipinski definition) is 0. The summed E-state index contributed by atoms with van der Waals surface area (Å²) in [6.45, 7) is 3.98. The lowest BCUT2D eigenvalue weighted by Gasteiger charge is -2.30. The van der Waals surface area contributed by atoms with Crippen LogP contribution >= 0.6 is 11.6 Å². The van der Waals surface area contributed by atoms with Crippen LogP contribution in [0.3, 0.4) is 0 Å². The Morgan fingerprint density at radius 2 is 1.86 bits per heavy atom. The molecular formula is C28H26ClFN4O3. The van der Waals surface area contributed by atoms with Crippen molar-refractivity contribution < 1.29 is 9.13 Å². The van der Waals surface area contributed by atoms with Gasteiger partial charge in [0.2, 0.25) is 0 Å². The van der Waals surface area contributed by atoms with Gasteiger partial charge in [-0.3, -0.25) is 9.59 Å². The molecule has 190 valence electrons. The molecule has 0 bridgehead atoms. The minimum absolute atomic E-state index is 0.00183. The van der Waals surface area contributed by atoms with Crippen molar-refractivity contribution in [3.05, 3.63) is 96.7 Å². The molecule has 37 heavy (non-hydrogen) atoms. The van der Waals surface area contributed by atoms with Crippen LogP contribution in [0.25, 0.3) is 16.8 Å². The molecule has 0 N–H and O–H groups in total. The van der Waals surface area contributed by atoms with Crippen LogP contribution in [0, 0.1) is 19.7 Å². The monoisotopic (exact) mass is 520 g/mol. The largest absolute Gasteiger partial charge is 0.373 e. The summed E-state index contributed by atoms with van der Waals surface area (Å²) < 4.78 is 24.3. The Labute approximate surface area is 217 Å². The summed E-state index contributed by atoms with van der Waals surface area (Å²) in [4.78, 5) is 30.1. The van der Waals surface area contributed by atoms with Crippen LogP contribution in [0.15, 0.2) is 52.2 Å². The van der Waals surface area contributed by atoms with Gasteiger partial charge < -0.3 is 9.30 Å². The number of ether oxygens (including phenoxy) is 1. The summed E-state index contributed by atoms with van der Waals surface area (Å²) in [5.41, 5.74) is 3.52. The van der Waals surface area contributed by atoms with E-state index in [0.29, 0.717) is 53.2 Å². The normalized spacial score (nSPS) is 19.9. The Morgan fingerprint density at radius 1 is 1.05 bits per heavy atom. The lowest BCUT2D eigenvalue weighted by Crippen LogP contribution is -2.26. The maximum absolute atomic E-state index is 15.1. The van der Waals surface area contributed by atoms with Gasteiger partial charge in [-0.25, -0.2) is 9.37 Å². The zero-order valence-electron chi connectivity index (χ0n) is 20.6. The van der Waals surface area contributed by atoms with Crippen molar-refractivity contribution in [3.63, 3.8) is 0 Å². The van der Waals surface area contributed by atoms with E-state index >= 15 is 4.39 Å². The van der Waals surface area contributed by atoms with Gasteiger partial charge in [0.25, 0.3) is 11.1 Å². The van der Waals surface area contributed by atoms with Crippen molar-refractivity contribution in [3.8, 4) is 11.1 Å². The SMILES string of the molecule is Cc1nc2c(-c3ccc(Cl)cc3F)cc([C@@H]3CCO[C@H](c4ccc(=O)n(C5CC5)c4)C3)nn2c(=O)c1C. The lowest BCUT2D eigenvalue weighted by molar-refractivity contribution is 0.00407. The average molecular weight is 521 g/mol. The predicted octanol–water partition coefficient (Wildman–Crippen LogP) is 5.30. The summed E-state index contributed by atoms with van der Waals surface area (Å²) in [6.07, 6.45) is 5.06. The molecule has 4 heterocycles. The van der Waals surface area contributed by atoms with E-state index in [1.807, 2.05) is 18.3 Å². The van der Waals surface area contributed by atoms with Gasteiger partial charge in [0, 0.05) is 58.2 Å². The standard InChI is InChI=1S/C28H26ClFN4O3/c1-15-16(2)31-27-22(21-7-4-19(29)12-23(21)30)13-24(32-34(27)28(15)36)17-9-10-37-25(11-17)18-3-8-26(35)33(14-18)20-5-6-20/h3-4,7-8,12-14,17,20,25H,5-6,9-11H2,1-2H3/t17-,25+/m1/s1. The zero-order chi connectivity index (χ0) is 25.8. The van der Waals surface area contributed by atoms with E-state index in [0.717, 1.165) is 18.4 Å². The fourth-order valence-electron chi connectivity index (χ4n) is 5.08. The van der Waals surface area contributed by atoms with Crippen LogP contribution in [0.1, 0.15) is 66.3 Å². The zero-order valence-corrected chi connectivity index (χ0v) is 21.3. The highest BCUT2D eigenvalue weighted by Gasteiger charge is 2.30. The molecule has 9 heteroatoms. The van der Waals surface area contributed by atoms with Gasteiger partial charge in [0.1, 0.15) is 5.82 Å². The first-order valence-electron chi connectivity index (χ1n) is 12.5. The molecule has 3 aromatic heterocycles. The van der Waals surface area contributed by atoms with Crippen molar-refractivity contribution in [1.29, 1.82) is 0 Å². The van der Waals surface area contributed by atoms with Crippen molar-refractivity contribution in [1.82, 2.24) is 19.2 Å². The maximum atomic E-state index is 15.1. The number of fused-ring (bicyclic) bond motifs is 1. The third-order valence-corrected chi connectivity index (χ3v) is 7.71. The fourth-order valence-corrected chi connectivity index (χ4v) is 5.24. The molecular weight excluding hydrogens is 495 g/mol. The predicted molar refractivity (Wildman–Crippen MR) is 139 cm³/mol. The fraction of sp³-hybridized carbons (Fsp3) is 0.357. The Kier molecular flexibility index (Phi) is 5.96. The first kappa shape index (κ1) is 24.0. The Balaban J connectivity index is 1.45. The summed E-state index contributed by atoms with van der Waals surface area (Å²) >= 11 is 6.01. The molecule has 1 aliphatic carbocycles. The summed E-state index contributed by atoms with van der Waals surface area (Å²) in [5, 5.41) is 5.00. The molecule has 4 aromatic rings.